The summed E-state index contributed by atoms with van der Waals surface area (Å²) in [5.41, 5.74) is 3.82. The summed E-state index contributed by atoms with van der Waals surface area (Å²) in [6.07, 6.45) is 1.53. The molecule has 4 aromatic rings. The van der Waals surface area contributed by atoms with Gasteiger partial charge in [-0.2, -0.15) is 0 Å². The minimum absolute atomic E-state index is 0.0763. The molecule has 0 radical (unpaired) electrons. The predicted octanol–water partition coefficient (Wildman–Crippen LogP) is 3.93. The maximum atomic E-state index is 15.2. The molecule has 0 amide bonds. The second-order valence-electron chi connectivity index (χ2n) is 8.74. The Labute approximate surface area is 213 Å². The first-order valence-corrected chi connectivity index (χ1v) is 12.2. The third-order valence-electron chi connectivity index (χ3n) is 5.71. The van der Waals surface area contributed by atoms with Gasteiger partial charge in [-0.05, 0) is 30.2 Å². The minimum Gasteiger partial charge on any atom is -0.481 e. The van der Waals surface area contributed by atoms with Gasteiger partial charge in [0.15, 0.2) is 11.5 Å². The van der Waals surface area contributed by atoms with Crippen LogP contribution in [0.4, 0.5) is 14.5 Å². The van der Waals surface area contributed by atoms with Gasteiger partial charge >= 0.3 is 11.7 Å². The quantitative estimate of drug-likeness (QED) is 0.242. The number of nitrogens with zero attached hydrogens (tertiary/aromatic N) is 3. The Morgan fingerprint density at radius 2 is 1.92 bits per heavy atom. The monoisotopic (exact) mass is 527 g/mol. The lowest BCUT2D eigenvalue weighted by molar-refractivity contribution is -0.140. The van der Waals surface area contributed by atoms with Gasteiger partial charge in [0.05, 0.1) is 28.2 Å². The largest absolute Gasteiger partial charge is 0.481 e. The fourth-order valence-electron chi connectivity index (χ4n) is 3.81. The summed E-state index contributed by atoms with van der Waals surface area (Å²) >= 11 is 1.19. The Hall–Kier alpha value is -4.06. The summed E-state index contributed by atoms with van der Waals surface area (Å²) in [7, 11) is 0. The lowest BCUT2D eigenvalue weighted by atomic mass is 10.1. The van der Waals surface area contributed by atoms with E-state index in [1.165, 1.54) is 30.1 Å². The van der Waals surface area contributed by atoms with Crippen LogP contribution in [0.1, 0.15) is 32.4 Å². The number of nitrogens with one attached hydrogen (secondary N) is 1. The number of carbonyl (C=O) groups is 1. The Balaban J connectivity index is 2.09. The summed E-state index contributed by atoms with van der Waals surface area (Å²) in [5.74, 6) is -3.53. The number of hydrogen-bond acceptors (Lipinski definition) is 7. The van der Waals surface area contributed by atoms with Crippen molar-refractivity contribution in [1.29, 1.82) is 0 Å². The molecule has 37 heavy (non-hydrogen) atoms. The third-order valence-corrected chi connectivity index (χ3v) is 7.02. The zero-order valence-electron chi connectivity index (χ0n) is 20.1. The first-order chi connectivity index (χ1) is 17.5. The summed E-state index contributed by atoms with van der Waals surface area (Å²) < 4.78 is 30.9. The SMILES string of the molecule is CC(CSc1ccnc(C(C)C)c1-n1c(=O)[nH]c(=O)c2cc(F)c(-c3c(N)cccc3F)nc21)C(=O)O. The second kappa shape index (κ2) is 10.1. The van der Waals surface area contributed by atoms with Crippen LogP contribution in [0.25, 0.3) is 28.0 Å². The van der Waals surface area contributed by atoms with Crippen LogP contribution in [0.3, 0.4) is 0 Å². The fourth-order valence-corrected chi connectivity index (χ4v) is 4.87. The molecule has 0 aliphatic carbocycles. The average Bonchev–Trinajstić information content (AvgIpc) is 2.83. The van der Waals surface area contributed by atoms with Crippen LogP contribution < -0.4 is 17.0 Å². The molecule has 192 valence electrons. The zero-order chi connectivity index (χ0) is 27.0. The van der Waals surface area contributed by atoms with Crippen LogP contribution in [0.2, 0.25) is 0 Å². The molecule has 3 heterocycles. The maximum absolute atomic E-state index is 15.2. The molecule has 1 atom stereocenters. The van der Waals surface area contributed by atoms with Crippen molar-refractivity contribution in [2.45, 2.75) is 31.6 Å². The van der Waals surface area contributed by atoms with E-state index in [-0.39, 0.29) is 39.6 Å². The number of aromatic nitrogens is 4. The van der Waals surface area contributed by atoms with Crippen molar-refractivity contribution in [2.75, 3.05) is 11.5 Å². The molecule has 0 saturated carbocycles. The van der Waals surface area contributed by atoms with Crippen molar-refractivity contribution >= 4 is 34.5 Å². The number of nitrogens with two attached hydrogens (primary N) is 1. The number of carboxylic acid groups (broad SMARTS) is 1. The Morgan fingerprint density at radius 3 is 2.57 bits per heavy atom. The predicted molar refractivity (Wildman–Crippen MR) is 137 cm³/mol. The summed E-state index contributed by atoms with van der Waals surface area (Å²) in [6.45, 7) is 5.24. The Kier molecular flexibility index (Phi) is 7.12. The molecule has 0 spiro atoms. The number of thioether (sulfide) groups is 1. The lowest BCUT2D eigenvalue weighted by Crippen LogP contribution is -2.31. The van der Waals surface area contributed by atoms with Crippen molar-refractivity contribution in [2.24, 2.45) is 5.92 Å². The van der Waals surface area contributed by atoms with Gasteiger partial charge in [0, 0.05) is 22.5 Å². The smallest absolute Gasteiger partial charge is 0.334 e. The van der Waals surface area contributed by atoms with Crippen molar-refractivity contribution in [3.05, 3.63) is 74.7 Å². The molecular weight excluding hydrogens is 504 g/mol. The van der Waals surface area contributed by atoms with Crippen LogP contribution in [-0.2, 0) is 4.79 Å². The highest BCUT2D eigenvalue weighted by Crippen LogP contribution is 2.35. The van der Waals surface area contributed by atoms with E-state index in [2.05, 4.69) is 15.0 Å². The lowest BCUT2D eigenvalue weighted by Gasteiger charge is -2.19. The van der Waals surface area contributed by atoms with Crippen LogP contribution in [0, 0.1) is 17.6 Å². The molecular formula is C25H23F2N5O4S. The Morgan fingerprint density at radius 1 is 1.19 bits per heavy atom. The van der Waals surface area contributed by atoms with Crippen LogP contribution in [0.5, 0.6) is 0 Å². The van der Waals surface area contributed by atoms with Gasteiger partial charge in [0.1, 0.15) is 11.5 Å². The van der Waals surface area contributed by atoms with Crippen molar-refractivity contribution in [1.82, 2.24) is 19.5 Å². The fraction of sp³-hybridized carbons (Fsp3) is 0.240. The number of rotatable bonds is 7. The molecule has 12 heteroatoms. The molecule has 0 aliphatic rings. The molecule has 4 N–H and O–H groups in total. The number of hydrogen-bond donors (Lipinski definition) is 3. The van der Waals surface area contributed by atoms with Crippen LogP contribution in [-0.4, -0.2) is 36.3 Å². The number of fused-ring (bicyclic) bond motifs is 1. The number of carboxylic acids is 1. The van der Waals surface area contributed by atoms with Gasteiger partial charge in [0.2, 0.25) is 0 Å². The molecule has 4 rings (SSSR count). The van der Waals surface area contributed by atoms with E-state index in [1.807, 2.05) is 13.8 Å². The summed E-state index contributed by atoms with van der Waals surface area (Å²) in [5, 5.41) is 9.06. The van der Waals surface area contributed by atoms with Gasteiger partial charge in [-0.25, -0.2) is 23.1 Å². The molecule has 1 unspecified atom stereocenters. The average molecular weight is 528 g/mol. The Bertz CT molecular complexity index is 1630. The number of halogens is 2. The molecule has 0 aliphatic heterocycles. The molecule has 0 saturated heterocycles. The van der Waals surface area contributed by atoms with Crippen LogP contribution >= 0.6 is 11.8 Å². The molecule has 0 bridgehead atoms. The topological polar surface area (TPSA) is 144 Å². The van der Waals surface area contributed by atoms with Crippen molar-refractivity contribution < 1.29 is 18.7 Å². The van der Waals surface area contributed by atoms with Gasteiger partial charge in [-0.15, -0.1) is 11.8 Å². The van der Waals surface area contributed by atoms with Gasteiger partial charge in [-0.3, -0.25) is 19.6 Å². The first-order valence-electron chi connectivity index (χ1n) is 11.3. The first kappa shape index (κ1) is 26.0. The minimum atomic E-state index is -1.000. The maximum Gasteiger partial charge on any atom is 0.334 e. The van der Waals surface area contributed by atoms with Crippen molar-refractivity contribution in [3.8, 4) is 16.9 Å². The molecule has 3 aromatic heterocycles. The molecule has 9 nitrogen and oxygen atoms in total. The standard InChI is InChI=1S/C25H23F2N5O4S/c1-11(2)19-21(17(7-8-29-19)37-10-12(3)24(34)35)32-22-13(23(33)31-25(32)36)9-15(27)20(30-22)18-14(26)5-4-6-16(18)28/h4-9,11-12H,10,28H2,1-3H3,(H,34,35)(H,31,33,36). The zero-order valence-corrected chi connectivity index (χ0v) is 20.9. The van der Waals surface area contributed by atoms with Crippen molar-refractivity contribution in [3.63, 3.8) is 0 Å². The van der Waals surface area contributed by atoms with E-state index in [0.29, 0.717) is 10.6 Å². The van der Waals surface area contributed by atoms with E-state index in [9.17, 15) is 23.9 Å². The van der Waals surface area contributed by atoms with E-state index < -0.39 is 40.5 Å². The van der Waals surface area contributed by atoms with E-state index in [0.717, 1.165) is 16.7 Å². The third kappa shape index (κ3) is 4.84. The molecule has 1 aromatic carbocycles. The normalized spacial score (nSPS) is 12.3. The van der Waals surface area contributed by atoms with Gasteiger partial charge < -0.3 is 10.8 Å². The van der Waals surface area contributed by atoms with E-state index in [4.69, 9.17) is 5.73 Å². The van der Waals surface area contributed by atoms with Gasteiger partial charge in [-0.1, -0.05) is 26.8 Å². The summed E-state index contributed by atoms with van der Waals surface area (Å²) in [6, 6.07) is 6.33. The molecule has 0 fully saturated rings. The highest BCUT2D eigenvalue weighted by Gasteiger charge is 2.24. The number of H-pyrrole nitrogens is 1. The van der Waals surface area contributed by atoms with E-state index >= 15 is 4.39 Å². The number of anilines is 1. The highest BCUT2D eigenvalue weighted by molar-refractivity contribution is 7.99. The number of nitrogen functional groups attached to an aromatic ring is 1. The second-order valence-corrected chi connectivity index (χ2v) is 9.80. The summed E-state index contributed by atoms with van der Waals surface area (Å²) in [4.78, 5) is 48.6. The number of pyridine rings is 2. The van der Waals surface area contributed by atoms with Crippen LogP contribution in [0.15, 0.2) is 51.0 Å². The number of aliphatic carboxylic acids is 1. The van der Waals surface area contributed by atoms with Gasteiger partial charge in [0.25, 0.3) is 5.56 Å². The van der Waals surface area contributed by atoms with E-state index in [1.54, 1.807) is 13.0 Å². The number of benzene rings is 1. The number of aromatic amines is 1. The highest BCUT2D eigenvalue weighted by atomic mass is 32.2.